The Morgan fingerprint density at radius 1 is 1.15 bits per heavy atom. The second kappa shape index (κ2) is 9.10. The van der Waals surface area contributed by atoms with Crippen LogP contribution in [-0.4, -0.2) is 48.4 Å². The molecule has 0 radical (unpaired) electrons. The number of unbranched alkanes of at least 4 members (excludes halogenated alkanes) is 1. The Balaban J connectivity index is 2.16. The molecule has 1 aromatic rings. The minimum absolute atomic E-state index is 0.295. The van der Waals surface area contributed by atoms with Gasteiger partial charge < -0.3 is 9.05 Å². The Morgan fingerprint density at radius 2 is 1.81 bits per heavy atom. The normalized spacial score (nSPS) is 18.8. The van der Waals surface area contributed by atoms with Gasteiger partial charge in [-0.15, -0.1) is 0 Å². The lowest BCUT2D eigenvalue weighted by Crippen LogP contribution is -2.51. The second-order valence-electron chi connectivity index (χ2n) is 6.59. The fourth-order valence-corrected chi connectivity index (χ4v) is 5.21. The maximum Gasteiger partial charge on any atom is 0.330 e. The highest BCUT2D eigenvalue weighted by atomic mass is 31.2. The third-order valence-corrected chi connectivity index (χ3v) is 6.80. The Morgan fingerprint density at radius 3 is 2.41 bits per heavy atom. The molecule has 2 rings (SSSR count). The highest BCUT2D eigenvalue weighted by Gasteiger charge is 2.40. The average molecular weight is 401 g/mol. The number of fused-ring (bicyclic) bond motifs is 1. The van der Waals surface area contributed by atoms with Crippen LogP contribution in [0.1, 0.15) is 40.0 Å². The van der Waals surface area contributed by atoms with Crippen molar-refractivity contribution in [2.24, 2.45) is 12.0 Å². The summed E-state index contributed by atoms with van der Waals surface area (Å²) in [5, 5.41) is 0. The summed E-state index contributed by atoms with van der Waals surface area (Å²) in [6.45, 7) is 7.65. The molecule has 0 bridgehead atoms. The van der Waals surface area contributed by atoms with E-state index in [9.17, 15) is 14.2 Å². The van der Waals surface area contributed by atoms with E-state index in [0.717, 1.165) is 12.8 Å². The summed E-state index contributed by atoms with van der Waals surface area (Å²) < 4.78 is 24.9. The molecule has 1 aliphatic rings. The van der Waals surface area contributed by atoms with Crippen LogP contribution in [0.2, 0.25) is 0 Å². The lowest BCUT2D eigenvalue weighted by molar-refractivity contribution is 0.219. The van der Waals surface area contributed by atoms with Crippen LogP contribution in [-0.2, 0) is 20.7 Å². The van der Waals surface area contributed by atoms with Gasteiger partial charge in [0.1, 0.15) is 0 Å². The molecule has 152 valence electrons. The smallest absolute Gasteiger partial charge is 0.309 e. The Labute approximate surface area is 159 Å². The van der Waals surface area contributed by atoms with Gasteiger partial charge in [-0.3, -0.25) is 18.9 Å². The molecule has 1 unspecified atom stereocenters. The zero-order valence-corrected chi connectivity index (χ0v) is 17.5. The van der Waals surface area contributed by atoms with Crippen LogP contribution in [0.15, 0.2) is 14.6 Å². The third-order valence-electron chi connectivity index (χ3n) is 4.63. The first-order valence-electron chi connectivity index (χ1n) is 9.46. The van der Waals surface area contributed by atoms with Crippen molar-refractivity contribution in [2.45, 2.75) is 40.0 Å². The number of aromatic nitrogens is 2. The molecule has 0 fully saturated rings. The second-order valence-corrected chi connectivity index (χ2v) is 8.78. The summed E-state index contributed by atoms with van der Waals surface area (Å²) in [6.07, 6.45) is 4.30. The number of nitrogens with zero attached hydrogens (tertiary/aromatic N) is 3. The monoisotopic (exact) mass is 401 g/mol. The molecular weight excluding hydrogens is 371 g/mol. The maximum atomic E-state index is 12.6. The van der Waals surface area contributed by atoms with E-state index < -0.39 is 18.8 Å². The fraction of sp³-hybridized carbons (Fsp3) is 0.706. The molecule has 0 spiro atoms. The molecule has 0 saturated heterocycles. The molecule has 0 aliphatic carbocycles. The molecule has 27 heavy (non-hydrogen) atoms. The van der Waals surface area contributed by atoms with Crippen LogP contribution < -0.4 is 15.7 Å². The van der Waals surface area contributed by atoms with Crippen molar-refractivity contribution in [3.63, 3.8) is 0 Å². The van der Waals surface area contributed by atoms with Gasteiger partial charge in [0.25, 0.3) is 0 Å². The van der Waals surface area contributed by atoms with Gasteiger partial charge in [0.05, 0.1) is 32.5 Å². The molecule has 2 heterocycles. The SMILES string of the molecule is CCC[N+]1(CCCCP(=O)(OCC)OCC)C=Nc2c1c(=O)[nH]c(=O)n2C. The quantitative estimate of drug-likeness (QED) is 0.349. The van der Waals surface area contributed by atoms with Gasteiger partial charge >= 0.3 is 18.8 Å². The molecule has 1 aliphatic heterocycles. The number of aromatic amines is 1. The van der Waals surface area contributed by atoms with E-state index in [2.05, 4.69) is 9.98 Å². The number of H-pyrrole nitrogens is 1. The number of hydrogen-bond acceptors (Lipinski definition) is 6. The minimum Gasteiger partial charge on any atom is -0.309 e. The lowest BCUT2D eigenvalue weighted by atomic mass is 10.2. The van der Waals surface area contributed by atoms with E-state index in [-0.39, 0.29) is 0 Å². The van der Waals surface area contributed by atoms with E-state index in [1.807, 2.05) is 6.92 Å². The molecule has 1 aromatic heterocycles. The first kappa shape index (κ1) is 21.8. The van der Waals surface area contributed by atoms with Crippen LogP contribution in [0.5, 0.6) is 0 Å². The molecule has 0 aromatic carbocycles. The standard InChI is InChI=1S/C17H29N4O5P/c1-5-10-21(11-8-9-12-27(24,25-6-2)26-7-3)13-18-15-14(21)16(22)19-17(23)20(15)4/h13H,5-12H2,1-4H3/p+1. The van der Waals surface area contributed by atoms with Crippen LogP contribution in [0.3, 0.4) is 0 Å². The summed E-state index contributed by atoms with van der Waals surface area (Å²) in [4.78, 5) is 31.1. The Hall–Kier alpha value is -1.54. The zero-order valence-electron chi connectivity index (χ0n) is 16.6. The van der Waals surface area contributed by atoms with Crippen molar-refractivity contribution in [2.75, 3.05) is 32.5 Å². The van der Waals surface area contributed by atoms with Crippen molar-refractivity contribution in [3.05, 3.63) is 20.8 Å². The molecule has 1 N–H and O–H groups in total. The van der Waals surface area contributed by atoms with Gasteiger partial charge in [-0.25, -0.2) is 9.28 Å². The van der Waals surface area contributed by atoms with Crippen molar-refractivity contribution in [3.8, 4) is 0 Å². The van der Waals surface area contributed by atoms with Crippen molar-refractivity contribution >= 4 is 25.4 Å². The van der Waals surface area contributed by atoms with Gasteiger partial charge in [-0.2, -0.15) is 4.99 Å². The van der Waals surface area contributed by atoms with Gasteiger partial charge in [0.15, 0.2) is 6.34 Å². The van der Waals surface area contributed by atoms with Crippen molar-refractivity contribution < 1.29 is 13.6 Å². The minimum atomic E-state index is -3.06. The van der Waals surface area contributed by atoms with E-state index in [1.165, 1.54) is 4.57 Å². The van der Waals surface area contributed by atoms with E-state index in [4.69, 9.17) is 9.05 Å². The highest BCUT2D eigenvalue weighted by Crippen LogP contribution is 2.48. The van der Waals surface area contributed by atoms with Crippen LogP contribution in [0, 0.1) is 0 Å². The van der Waals surface area contributed by atoms with Gasteiger partial charge in [0, 0.05) is 7.05 Å². The molecule has 10 heteroatoms. The molecule has 9 nitrogen and oxygen atoms in total. The predicted octanol–water partition coefficient (Wildman–Crippen LogP) is 2.51. The summed E-state index contributed by atoms with van der Waals surface area (Å²) in [5.74, 6) is 0.409. The Kier molecular flexibility index (Phi) is 7.33. The van der Waals surface area contributed by atoms with E-state index >= 15 is 0 Å². The fourth-order valence-electron chi connectivity index (χ4n) is 3.48. The molecule has 0 amide bonds. The predicted molar refractivity (Wildman–Crippen MR) is 107 cm³/mol. The molecular formula is C17H30N4O5P+. The summed E-state index contributed by atoms with van der Waals surface area (Å²) in [7, 11) is -1.46. The summed E-state index contributed by atoms with van der Waals surface area (Å²) in [5.41, 5.74) is -0.369. The number of aliphatic imine (C=N–C) groups is 1. The topological polar surface area (TPSA) is 103 Å². The van der Waals surface area contributed by atoms with E-state index in [1.54, 1.807) is 27.2 Å². The van der Waals surface area contributed by atoms with Gasteiger partial charge in [-0.1, -0.05) is 6.92 Å². The van der Waals surface area contributed by atoms with E-state index in [0.29, 0.717) is 54.9 Å². The van der Waals surface area contributed by atoms with Crippen LogP contribution in [0.25, 0.3) is 0 Å². The van der Waals surface area contributed by atoms with Crippen molar-refractivity contribution in [1.29, 1.82) is 0 Å². The van der Waals surface area contributed by atoms with Gasteiger partial charge in [-0.05, 0) is 33.1 Å². The number of hydrogen-bond donors (Lipinski definition) is 1. The summed E-state index contributed by atoms with van der Waals surface area (Å²) in [6, 6.07) is 0. The lowest BCUT2D eigenvalue weighted by Gasteiger charge is -2.29. The van der Waals surface area contributed by atoms with Crippen LogP contribution in [0.4, 0.5) is 11.5 Å². The zero-order chi connectivity index (χ0) is 20.1. The number of nitrogens with one attached hydrogen (secondary N) is 1. The largest absolute Gasteiger partial charge is 0.330 e. The highest BCUT2D eigenvalue weighted by molar-refractivity contribution is 7.53. The first-order chi connectivity index (χ1) is 12.8. The van der Waals surface area contributed by atoms with Crippen molar-refractivity contribution in [1.82, 2.24) is 14.0 Å². The molecule has 1 atom stereocenters. The molecule has 0 saturated carbocycles. The van der Waals surface area contributed by atoms with Gasteiger partial charge in [0.2, 0.25) is 11.5 Å². The summed E-state index contributed by atoms with van der Waals surface area (Å²) >= 11 is 0. The third kappa shape index (κ3) is 4.66. The number of rotatable bonds is 11. The average Bonchev–Trinajstić information content (AvgIpc) is 2.98. The van der Waals surface area contributed by atoms with Crippen LogP contribution >= 0.6 is 7.60 Å². The first-order valence-corrected chi connectivity index (χ1v) is 11.2. The number of quaternary nitrogens is 1. The maximum absolute atomic E-state index is 12.6. The Bertz CT molecular complexity index is 837.